The van der Waals surface area contributed by atoms with Gasteiger partial charge in [0.25, 0.3) is 0 Å². The summed E-state index contributed by atoms with van der Waals surface area (Å²) >= 11 is 2.89. The van der Waals surface area contributed by atoms with Crippen LogP contribution in [0.4, 0.5) is 5.13 Å². The number of anilines is 1. The van der Waals surface area contributed by atoms with Crippen LogP contribution < -0.4 is 10.6 Å². The molecule has 1 aromatic rings. The molecule has 1 amide bonds. The number of aromatic nitrogens is 2. The molecule has 0 aliphatic carbocycles. The van der Waals surface area contributed by atoms with Crippen molar-refractivity contribution in [1.29, 1.82) is 0 Å². The molecule has 0 bridgehead atoms. The van der Waals surface area contributed by atoms with E-state index in [4.69, 9.17) is 0 Å². The lowest BCUT2D eigenvalue weighted by Gasteiger charge is -2.00. The number of rotatable bonds is 7. The largest absolute Gasteiger partial charge is 0.360 e. The van der Waals surface area contributed by atoms with Crippen LogP contribution in [-0.4, -0.2) is 34.9 Å². The van der Waals surface area contributed by atoms with Gasteiger partial charge in [0.05, 0.1) is 5.75 Å². The summed E-state index contributed by atoms with van der Waals surface area (Å²) in [4.78, 5) is 11.3. The van der Waals surface area contributed by atoms with Crippen LogP contribution in [0.5, 0.6) is 0 Å². The number of hydrogen-bond donors (Lipinski definition) is 2. The number of amides is 1. The van der Waals surface area contributed by atoms with Crippen molar-refractivity contribution in [2.75, 3.05) is 24.2 Å². The Kier molecular flexibility index (Phi) is 6.17. The zero-order valence-corrected chi connectivity index (χ0v) is 11.1. The van der Waals surface area contributed by atoms with Crippen molar-refractivity contribution in [2.45, 2.75) is 24.6 Å². The molecular formula is C9H16N4OS2. The van der Waals surface area contributed by atoms with Gasteiger partial charge in [-0.15, -0.1) is 10.2 Å². The monoisotopic (exact) mass is 260 g/mol. The maximum atomic E-state index is 11.3. The van der Waals surface area contributed by atoms with Crippen molar-refractivity contribution in [1.82, 2.24) is 15.5 Å². The van der Waals surface area contributed by atoms with E-state index in [-0.39, 0.29) is 5.91 Å². The second-order valence-electron chi connectivity index (χ2n) is 3.04. The maximum Gasteiger partial charge on any atom is 0.230 e. The zero-order valence-electron chi connectivity index (χ0n) is 9.45. The van der Waals surface area contributed by atoms with Crippen molar-refractivity contribution >= 4 is 34.1 Å². The molecule has 0 aliphatic heterocycles. The van der Waals surface area contributed by atoms with Gasteiger partial charge in [-0.2, -0.15) is 0 Å². The van der Waals surface area contributed by atoms with Gasteiger partial charge >= 0.3 is 0 Å². The van der Waals surface area contributed by atoms with E-state index >= 15 is 0 Å². The molecule has 2 N–H and O–H groups in total. The Morgan fingerprint density at radius 3 is 2.94 bits per heavy atom. The van der Waals surface area contributed by atoms with E-state index < -0.39 is 0 Å². The molecule has 0 fully saturated rings. The Hall–Kier alpha value is -0.820. The summed E-state index contributed by atoms with van der Waals surface area (Å²) in [5.74, 6) is 0.452. The van der Waals surface area contributed by atoms with Crippen molar-refractivity contribution in [3.63, 3.8) is 0 Å². The molecule has 0 aliphatic rings. The molecule has 1 heterocycles. The van der Waals surface area contributed by atoms with Gasteiger partial charge in [-0.25, -0.2) is 0 Å². The highest BCUT2D eigenvalue weighted by atomic mass is 32.2. The number of hydrogen-bond acceptors (Lipinski definition) is 6. The van der Waals surface area contributed by atoms with E-state index in [9.17, 15) is 4.79 Å². The zero-order chi connectivity index (χ0) is 11.8. The summed E-state index contributed by atoms with van der Waals surface area (Å²) in [5.41, 5.74) is 0. The third-order valence-corrected chi connectivity index (χ3v) is 3.65. The number of nitrogens with one attached hydrogen (secondary N) is 2. The third kappa shape index (κ3) is 4.80. The van der Waals surface area contributed by atoms with Crippen molar-refractivity contribution in [3.8, 4) is 0 Å². The van der Waals surface area contributed by atoms with Crippen LogP contribution >= 0.6 is 23.1 Å². The number of thioether (sulfide) groups is 1. The number of carbonyl (C=O) groups is 1. The highest BCUT2D eigenvalue weighted by molar-refractivity contribution is 8.01. The first-order valence-electron chi connectivity index (χ1n) is 5.23. The van der Waals surface area contributed by atoms with Gasteiger partial charge in [0, 0.05) is 13.1 Å². The van der Waals surface area contributed by atoms with E-state index in [1.807, 2.05) is 13.8 Å². The van der Waals surface area contributed by atoms with Gasteiger partial charge in [-0.05, 0) is 13.3 Å². The van der Waals surface area contributed by atoms with Gasteiger partial charge in [0.1, 0.15) is 0 Å². The van der Waals surface area contributed by atoms with E-state index in [2.05, 4.69) is 20.8 Å². The molecule has 1 aromatic heterocycles. The van der Waals surface area contributed by atoms with Gasteiger partial charge in [0.2, 0.25) is 11.0 Å². The van der Waals surface area contributed by atoms with Crippen molar-refractivity contribution in [3.05, 3.63) is 0 Å². The summed E-state index contributed by atoms with van der Waals surface area (Å²) < 4.78 is 0.822. The lowest BCUT2D eigenvalue weighted by atomic mass is 10.5. The summed E-state index contributed by atoms with van der Waals surface area (Å²) in [6.45, 7) is 5.60. The smallest absolute Gasteiger partial charge is 0.230 e. The van der Waals surface area contributed by atoms with Crippen LogP contribution in [0.15, 0.2) is 4.34 Å². The lowest BCUT2D eigenvalue weighted by Crippen LogP contribution is -2.25. The van der Waals surface area contributed by atoms with E-state index in [1.165, 1.54) is 23.1 Å². The predicted octanol–water partition coefficient (Wildman–Crippen LogP) is 1.59. The summed E-state index contributed by atoms with van der Waals surface area (Å²) in [7, 11) is 0. The first kappa shape index (κ1) is 13.2. The number of carbonyl (C=O) groups excluding carboxylic acids is 1. The minimum atomic E-state index is 0.0482. The van der Waals surface area contributed by atoms with E-state index in [0.717, 1.165) is 29.0 Å². The molecule has 7 heteroatoms. The van der Waals surface area contributed by atoms with Crippen LogP contribution in [0.3, 0.4) is 0 Å². The lowest BCUT2D eigenvalue weighted by molar-refractivity contribution is -0.118. The topological polar surface area (TPSA) is 66.9 Å². The fourth-order valence-corrected chi connectivity index (χ4v) is 2.58. The molecule has 1 rings (SSSR count). The predicted molar refractivity (Wildman–Crippen MR) is 68.1 cm³/mol. The summed E-state index contributed by atoms with van der Waals surface area (Å²) in [6, 6.07) is 0. The SMILES string of the molecule is CCCNC(=O)CSc1nnc(NCC)s1. The van der Waals surface area contributed by atoms with Crippen LogP contribution in [-0.2, 0) is 4.79 Å². The fraction of sp³-hybridized carbons (Fsp3) is 0.667. The molecule has 0 aromatic carbocycles. The van der Waals surface area contributed by atoms with E-state index in [1.54, 1.807) is 0 Å². The molecule has 0 saturated heterocycles. The minimum Gasteiger partial charge on any atom is -0.360 e. The van der Waals surface area contributed by atoms with Crippen LogP contribution in [0, 0.1) is 0 Å². The summed E-state index contributed by atoms with van der Waals surface area (Å²) in [6.07, 6.45) is 0.958. The van der Waals surface area contributed by atoms with Gasteiger partial charge in [0.15, 0.2) is 4.34 Å². The highest BCUT2D eigenvalue weighted by Gasteiger charge is 2.06. The standard InChI is InChI=1S/C9H16N4OS2/c1-3-5-11-7(14)6-15-9-13-12-8(16-9)10-4-2/h3-6H2,1-2H3,(H,10,12)(H,11,14). The molecule has 0 saturated carbocycles. The molecule has 0 unspecified atom stereocenters. The maximum absolute atomic E-state index is 11.3. The Morgan fingerprint density at radius 1 is 1.44 bits per heavy atom. The molecular weight excluding hydrogens is 244 g/mol. The molecule has 16 heavy (non-hydrogen) atoms. The fourth-order valence-electron chi connectivity index (χ4n) is 0.933. The average Bonchev–Trinajstić information content (AvgIpc) is 2.72. The second-order valence-corrected chi connectivity index (χ2v) is 5.24. The van der Waals surface area contributed by atoms with Crippen molar-refractivity contribution in [2.24, 2.45) is 0 Å². The molecule has 0 atom stereocenters. The molecule has 0 radical (unpaired) electrons. The Morgan fingerprint density at radius 2 is 2.25 bits per heavy atom. The Labute approximate surface area is 103 Å². The third-order valence-electron chi connectivity index (χ3n) is 1.63. The minimum absolute atomic E-state index is 0.0482. The molecule has 5 nitrogen and oxygen atoms in total. The molecule has 90 valence electrons. The van der Waals surface area contributed by atoms with Crippen LogP contribution in [0.1, 0.15) is 20.3 Å². The van der Waals surface area contributed by atoms with Gasteiger partial charge < -0.3 is 10.6 Å². The number of nitrogens with zero attached hydrogens (tertiary/aromatic N) is 2. The quantitative estimate of drug-likeness (QED) is 0.729. The van der Waals surface area contributed by atoms with Gasteiger partial charge in [-0.3, -0.25) is 4.79 Å². The average molecular weight is 260 g/mol. The first-order chi connectivity index (χ1) is 7.76. The molecule has 0 spiro atoms. The van der Waals surface area contributed by atoms with Crippen LogP contribution in [0.25, 0.3) is 0 Å². The second kappa shape index (κ2) is 7.45. The Bertz CT molecular complexity index is 329. The normalized spacial score (nSPS) is 10.1. The highest BCUT2D eigenvalue weighted by Crippen LogP contribution is 2.24. The Balaban J connectivity index is 2.28. The van der Waals surface area contributed by atoms with Crippen molar-refractivity contribution < 1.29 is 4.79 Å². The summed E-state index contributed by atoms with van der Waals surface area (Å²) in [5, 5.41) is 14.6. The first-order valence-corrected chi connectivity index (χ1v) is 7.03. The van der Waals surface area contributed by atoms with Crippen LogP contribution in [0.2, 0.25) is 0 Å². The van der Waals surface area contributed by atoms with Gasteiger partial charge in [-0.1, -0.05) is 30.0 Å². The van der Waals surface area contributed by atoms with E-state index in [0.29, 0.717) is 5.75 Å².